The number of benzene rings is 1. The Balaban J connectivity index is 0.000000217. The highest BCUT2D eigenvalue weighted by molar-refractivity contribution is 5.38. The number of fused-ring (bicyclic) bond motifs is 2. The smallest absolute Gasteiger partial charge is 0.0239 e. The van der Waals surface area contributed by atoms with E-state index < -0.39 is 0 Å². The fraction of sp³-hybridized carbons (Fsp3) is 0.417. The molecule has 126 valence electrons. The lowest BCUT2D eigenvalue weighted by molar-refractivity contribution is 0.102. The second kappa shape index (κ2) is 10.3. The molecule has 0 saturated carbocycles. The second-order valence-electron chi connectivity index (χ2n) is 6.64. The number of terminal acetylenes is 1. The van der Waals surface area contributed by atoms with Gasteiger partial charge in [-0.25, -0.2) is 0 Å². The van der Waals surface area contributed by atoms with E-state index in [9.17, 15) is 0 Å². The van der Waals surface area contributed by atoms with Gasteiger partial charge in [0.15, 0.2) is 0 Å². The highest BCUT2D eigenvalue weighted by atomic mass is 15.2. The van der Waals surface area contributed by atoms with Crippen LogP contribution < -0.4 is 0 Å². The van der Waals surface area contributed by atoms with Gasteiger partial charge >= 0.3 is 0 Å². The average molecular weight is 327 g/mol. The van der Waals surface area contributed by atoms with Crippen LogP contribution in [0.25, 0.3) is 0 Å². The lowest BCUT2D eigenvalue weighted by atomic mass is 9.92. The molecule has 2 fully saturated rings. The summed E-state index contributed by atoms with van der Waals surface area (Å²) in [6.07, 6.45) is 10.5. The maximum absolute atomic E-state index is 4.82. The zero-order chi connectivity index (χ0) is 17.9. The van der Waals surface area contributed by atoms with Gasteiger partial charge in [-0.15, -0.1) is 6.42 Å². The summed E-state index contributed by atoms with van der Waals surface area (Å²) in [7, 11) is 0. The molecule has 2 atom stereocenters. The normalized spacial score (nSPS) is 23.2. The first-order chi connectivity index (χ1) is 12.2. The molecule has 2 saturated heterocycles. The molecule has 25 heavy (non-hydrogen) atoms. The molecule has 2 unspecified atom stereocenters. The quantitative estimate of drug-likeness (QED) is 0.739. The van der Waals surface area contributed by atoms with Crippen molar-refractivity contribution < 1.29 is 0 Å². The fourth-order valence-corrected chi connectivity index (χ4v) is 3.79. The Morgan fingerprint density at radius 2 is 1.56 bits per heavy atom. The first-order valence-corrected chi connectivity index (χ1v) is 8.91. The fourth-order valence-electron chi connectivity index (χ4n) is 3.79. The molecule has 0 amide bonds. The summed E-state index contributed by atoms with van der Waals surface area (Å²) in [5.41, 5.74) is 1.48. The van der Waals surface area contributed by atoms with Gasteiger partial charge in [0.2, 0.25) is 0 Å². The third kappa shape index (κ3) is 6.09. The molecule has 2 aliphatic heterocycles. The van der Waals surface area contributed by atoms with Crippen LogP contribution in [0.1, 0.15) is 45.1 Å². The zero-order valence-electron chi connectivity index (χ0n) is 15.2. The molecule has 1 nitrogen and oxygen atoms in total. The Morgan fingerprint density at radius 1 is 0.960 bits per heavy atom. The number of rotatable bonds is 2. The summed E-state index contributed by atoms with van der Waals surface area (Å²) in [6.45, 7) is 5.30. The van der Waals surface area contributed by atoms with E-state index in [-0.39, 0.29) is 0 Å². The molecule has 0 radical (unpaired) electrons. The third-order valence-corrected chi connectivity index (χ3v) is 4.78. The highest BCUT2D eigenvalue weighted by Gasteiger charge is 2.38. The molecule has 1 aromatic carbocycles. The van der Waals surface area contributed by atoms with Crippen LogP contribution in [0, 0.1) is 53.8 Å². The van der Waals surface area contributed by atoms with Crippen molar-refractivity contribution in [2.24, 2.45) is 5.92 Å². The van der Waals surface area contributed by atoms with Gasteiger partial charge in [-0.3, -0.25) is 4.90 Å². The molecule has 0 spiro atoms. The van der Waals surface area contributed by atoms with Gasteiger partial charge in [0.05, 0.1) is 0 Å². The van der Waals surface area contributed by atoms with E-state index >= 15 is 0 Å². The maximum atomic E-state index is 4.82. The zero-order valence-corrected chi connectivity index (χ0v) is 15.2. The molecule has 1 heteroatoms. The Labute approximate surface area is 153 Å². The molecule has 1 aromatic rings. The van der Waals surface area contributed by atoms with Gasteiger partial charge in [-0.05, 0) is 79.6 Å². The summed E-state index contributed by atoms with van der Waals surface area (Å²) >= 11 is 0. The molecular weight excluding hydrogens is 302 g/mol. The van der Waals surface area contributed by atoms with Gasteiger partial charge in [0.1, 0.15) is 0 Å². The number of hydrogen-bond donors (Lipinski definition) is 0. The topological polar surface area (TPSA) is 3.24 Å². The molecule has 0 aliphatic carbocycles. The molecule has 2 bridgehead atoms. The lowest BCUT2D eigenvalue weighted by Gasteiger charge is -2.37. The summed E-state index contributed by atoms with van der Waals surface area (Å²) in [5, 5.41) is 0. The standard InChI is InChI=1S/C15H21N.C9H4/c1-12-9-14-7-8-15(10-12)16(14)11-13-5-3-2-4-6-13;1-3-5-7-9-8-6-4-2/h2-6,12,14-15H,7-11H2,1H3;1H,2H3. The lowest BCUT2D eigenvalue weighted by Crippen LogP contribution is -2.41. The van der Waals surface area contributed by atoms with E-state index in [0.29, 0.717) is 0 Å². The molecule has 2 aliphatic rings. The summed E-state index contributed by atoms with van der Waals surface area (Å²) in [6, 6.07) is 12.7. The van der Waals surface area contributed by atoms with Crippen molar-refractivity contribution >= 4 is 0 Å². The van der Waals surface area contributed by atoms with E-state index in [1.807, 2.05) is 0 Å². The van der Waals surface area contributed by atoms with Crippen molar-refractivity contribution in [3.05, 3.63) is 35.9 Å². The third-order valence-electron chi connectivity index (χ3n) is 4.78. The number of hydrogen-bond acceptors (Lipinski definition) is 1. The van der Waals surface area contributed by atoms with Crippen molar-refractivity contribution in [2.75, 3.05) is 0 Å². The van der Waals surface area contributed by atoms with E-state index in [1.54, 1.807) is 6.92 Å². The van der Waals surface area contributed by atoms with E-state index in [2.05, 4.69) is 83.6 Å². The monoisotopic (exact) mass is 327 g/mol. The first kappa shape index (κ1) is 18.8. The highest BCUT2D eigenvalue weighted by Crippen LogP contribution is 2.39. The molecule has 3 rings (SSSR count). The number of piperidine rings is 1. The van der Waals surface area contributed by atoms with Gasteiger partial charge in [-0.2, -0.15) is 0 Å². The van der Waals surface area contributed by atoms with E-state index in [1.165, 1.54) is 37.8 Å². The minimum absolute atomic E-state index is 0.869. The minimum atomic E-state index is 0.869. The number of nitrogens with zero attached hydrogens (tertiary/aromatic N) is 1. The molecule has 2 heterocycles. The molecular formula is C24H25N. The van der Waals surface area contributed by atoms with Crippen LogP contribution in [0.3, 0.4) is 0 Å². The first-order valence-electron chi connectivity index (χ1n) is 8.91. The Bertz CT molecular complexity index is 750. The predicted molar refractivity (Wildman–Crippen MR) is 105 cm³/mol. The summed E-state index contributed by atoms with van der Waals surface area (Å²) in [4.78, 5) is 2.76. The average Bonchev–Trinajstić information content (AvgIpc) is 2.86. The Morgan fingerprint density at radius 3 is 2.16 bits per heavy atom. The SMILES string of the molecule is C#CC#CC#CC#CC.CC1CC2CCC(C1)N2Cc1ccccc1. The van der Waals surface area contributed by atoms with Crippen LogP contribution >= 0.6 is 0 Å². The van der Waals surface area contributed by atoms with Crippen molar-refractivity contribution in [2.45, 2.75) is 58.2 Å². The van der Waals surface area contributed by atoms with E-state index in [0.717, 1.165) is 18.0 Å². The van der Waals surface area contributed by atoms with Gasteiger partial charge in [0.25, 0.3) is 0 Å². The largest absolute Gasteiger partial charge is 0.293 e. The van der Waals surface area contributed by atoms with Crippen molar-refractivity contribution in [3.63, 3.8) is 0 Å². The van der Waals surface area contributed by atoms with Crippen LogP contribution in [0.2, 0.25) is 0 Å². The van der Waals surface area contributed by atoms with Crippen LogP contribution in [-0.2, 0) is 6.54 Å². The van der Waals surface area contributed by atoms with Crippen LogP contribution in [0.5, 0.6) is 0 Å². The Hall–Kier alpha value is -2.58. The Kier molecular flexibility index (Phi) is 7.74. The summed E-state index contributed by atoms with van der Waals surface area (Å²) < 4.78 is 0. The molecule has 0 N–H and O–H groups in total. The van der Waals surface area contributed by atoms with E-state index in [4.69, 9.17) is 6.42 Å². The predicted octanol–water partition coefficient (Wildman–Crippen LogP) is 4.10. The van der Waals surface area contributed by atoms with Crippen molar-refractivity contribution in [1.29, 1.82) is 0 Å². The van der Waals surface area contributed by atoms with Crippen LogP contribution in [-0.4, -0.2) is 17.0 Å². The van der Waals surface area contributed by atoms with Gasteiger partial charge in [-0.1, -0.05) is 43.2 Å². The minimum Gasteiger partial charge on any atom is -0.293 e. The molecule has 0 aromatic heterocycles. The van der Waals surface area contributed by atoms with Gasteiger partial charge < -0.3 is 0 Å². The second-order valence-corrected chi connectivity index (χ2v) is 6.64. The maximum Gasteiger partial charge on any atom is 0.0239 e. The van der Waals surface area contributed by atoms with Crippen molar-refractivity contribution in [1.82, 2.24) is 4.90 Å². The van der Waals surface area contributed by atoms with Crippen LogP contribution in [0.15, 0.2) is 30.3 Å². The van der Waals surface area contributed by atoms with Crippen LogP contribution in [0.4, 0.5) is 0 Å². The van der Waals surface area contributed by atoms with Crippen molar-refractivity contribution in [3.8, 4) is 47.9 Å². The van der Waals surface area contributed by atoms with Gasteiger partial charge in [0, 0.05) is 18.6 Å². The summed E-state index contributed by atoms with van der Waals surface area (Å²) in [5.74, 6) is 17.9.